The maximum atomic E-state index is 13.0. The second-order valence-electron chi connectivity index (χ2n) is 5.99. The van der Waals surface area contributed by atoms with Gasteiger partial charge in [-0.05, 0) is 43.7 Å². The van der Waals surface area contributed by atoms with Gasteiger partial charge in [0.2, 0.25) is 0 Å². The van der Waals surface area contributed by atoms with Gasteiger partial charge in [0.05, 0.1) is 11.4 Å². The van der Waals surface area contributed by atoms with Gasteiger partial charge in [0.25, 0.3) is 0 Å². The number of aliphatic imine (C=N–C) groups is 1. The Kier molecular flexibility index (Phi) is 10.2. The van der Waals surface area contributed by atoms with Crippen molar-refractivity contribution in [2.45, 2.75) is 33.1 Å². The second kappa shape index (κ2) is 11.9. The summed E-state index contributed by atoms with van der Waals surface area (Å²) >= 11 is 0. The van der Waals surface area contributed by atoms with Gasteiger partial charge in [-0.1, -0.05) is 13.3 Å². The molecule has 144 valence electrons. The fraction of sp³-hybridized carbons (Fsp3) is 0.474. The molecule has 2 rings (SSSR count). The lowest BCUT2D eigenvalue weighted by Crippen LogP contribution is -2.39. The van der Waals surface area contributed by atoms with Gasteiger partial charge >= 0.3 is 0 Å². The molecule has 0 aliphatic carbocycles. The number of unbranched alkanes of at least 4 members (excludes halogenated alkanes) is 1. The van der Waals surface area contributed by atoms with Crippen LogP contribution in [-0.2, 0) is 6.42 Å². The monoisotopic (exact) mass is 473 g/mol. The molecule has 2 aromatic rings. The molecule has 5 nitrogen and oxygen atoms in total. The summed E-state index contributed by atoms with van der Waals surface area (Å²) in [5.41, 5.74) is 1.82. The Morgan fingerprint density at radius 3 is 2.62 bits per heavy atom. The fourth-order valence-corrected chi connectivity index (χ4v) is 2.48. The van der Waals surface area contributed by atoms with Crippen LogP contribution in [0.15, 0.2) is 41.5 Å². The zero-order chi connectivity index (χ0) is 18.1. The topological polar surface area (TPSA) is 45.5 Å². The Morgan fingerprint density at radius 1 is 1.23 bits per heavy atom. The Bertz CT molecular complexity index is 669. The summed E-state index contributed by atoms with van der Waals surface area (Å²) in [6.07, 6.45) is 4.99. The molecular weight excluding hydrogens is 444 g/mol. The van der Waals surface area contributed by atoms with Crippen LogP contribution in [0.5, 0.6) is 0 Å². The molecule has 0 aliphatic rings. The summed E-state index contributed by atoms with van der Waals surface area (Å²) in [6, 6.07) is 8.30. The largest absolute Gasteiger partial charge is 0.357 e. The van der Waals surface area contributed by atoms with E-state index in [2.05, 4.69) is 41.2 Å². The molecule has 0 fully saturated rings. The quantitative estimate of drug-likeness (QED) is 0.360. The highest BCUT2D eigenvalue weighted by Crippen LogP contribution is 2.09. The molecule has 1 N–H and O–H groups in total. The number of halogens is 2. The third-order valence-corrected chi connectivity index (χ3v) is 3.91. The minimum absolute atomic E-state index is 0. The first-order chi connectivity index (χ1) is 12.1. The van der Waals surface area contributed by atoms with E-state index in [1.165, 1.54) is 18.6 Å². The highest BCUT2D eigenvalue weighted by Gasteiger charge is 2.05. The Morgan fingerprint density at radius 2 is 1.96 bits per heavy atom. The molecule has 0 spiro atoms. The number of nitrogens with zero attached hydrogens (tertiary/aromatic N) is 4. The van der Waals surface area contributed by atoms with Gasteiger partial charge in [-0.2, -0.15) is 5.10 Å². The van der Waals surface area contributed by atoms with Crippen molar-refractivity contribution in [2.75, 3.05) is 26.7 Å². The summed E-state index contributed by atoms with van der Waals surface area (Å²) in [5.74, 6) is 0.697. The van der Waals surface area contributed by atoms with E-state index in [1.807, 2.05) is 12.3 Å². The summed E-state index contributed by atoms with van der Waals surface area (Å²) in [5, 5.41) is 7.87. The minimum Gasteiger partial charge on any atom is -0.357 e. The Balaban J connectivity index is 0.00000338. The molecule has 1 aromatic carbocycles. The van der Waals surface area contributed by atoms with Gasteiger partial charge in [0.15, 0.2) is 5.96 Å². The summed E-state index contributed by atoms with van der Waals surface area (Å²) < 4.78 is 14.8. The van der Waals surface area contributed by atoms with E-state index in [-0.39, 0.29) is 29.8 Å². The van der Waals surface area contributed by atoms with E-state index >= 15 is 0 Å². The van der Waals surface area contributed by atoms with Crippen LogP contribution in [0.4, 0.5) is 4.39 Å². The van der Waals surface area contributed by atoms with Crippen molar-refractivity contribution in [1.29, 1.82) is 0 Å². The van der Waals surface area contributed by atoms with Gasteiger partial charge in [-0.3, -0.25) is 4.99 Å². The first-order valence-corrected chi connectivity index (χ1v) is 8.94. The maximum Gasteiger partial charge on any atom is 0.193 e. The highest BCUT2D eigenvalue weighted by molar-refractivity contribution is 14.0. The SMILES string of the molecule is CCCCN(C)C(=NCCc1ccn(-c2ccc(F)cc2)n1)NCC.I. The first kappa shape index (κ1) is 22.4. The molecule has 0 bridgehead atoms. The average Bonchev–Trinajstić information content (AvgIpc) is 3.08. The van der Waals surface area contributed by atoms with Gasteiger partial charge in [-0.15, -0.1) is 24.0 Å². The predicted octanol–water partition coefficient (Wildman–Crippen LogP) is 3.87. The molecule has 0 saturated heterocycles. The van der Waals surface area contributed by atoms with Crippen molar-refractivity contribution >= 4 is 29.9 Å². The van der Waals surface area contributed by atoms with Crippen molar-refractivity contribution in [3.8, 4) is 5.69 Å². The lowest BCUT2D eigenvalue weighted by molar-refractivity contribution is 0.465. The van der Waals surface area contributed by atoms with E-state index < -0.39 is 0 Å². The molecular formula is C19H29FIN5. The smallest absolute Gasteiger partial charge is 0.193 e. The summed E-state index contributed by atoms with van der Waals surface area (Å²) in [4.78, 5) is 6.86. The van der Waals surface area contributed by atoms with Crippen LogP contribution < -0.4 is 5.32 Å². The molecule has 0 unspecified atom stereocenters. The Labute approximate surface area is 172 Å². The number of hydrogen-bond acceptors (Lipinski definition) is 2. The molecule has 0 radical (unpaired) electrons. The molecule has 7 heteroatoms. The normalized spacial score (nSPS) is 11.2. The van der Waals surface area contributed by atoms with E-state index in [0.29, 0.717) is 6.54 Å². The van der Waals surface area contributed by atoms with Crippen LogP contribution >= 0.6 is 24.0 Å². The van der Waals surface area contributed by atoms with Gasteiger partial charge < -0.3 is 10.2 Å². The van der Waals surface area contributed by atoms with Crippen molar-refractivity contribution in [3.63, 3.8) is 0 Å². The average molecular weight is 473 g/mol. The zero-order valence-electron chi connectivity index (χ0n) is 15.8. The Hall–Kier alpha value is -1.64. The highest BCUT2D eigenvalue weighted by atomic mass is 127. The third kappa shape index (κ3) is 6.93. The van der Waals surface area contributed by atoms with Gasteiger partial charge in [0, 0.05) is 39.3 Å². The van der Waals surface area contributed by atoms with Crippen molar-refractivity contribution in [2.24, 2.45) is 4.99 Å². The third-order valence-electron chi connectivity index (χ3n) is 3.91. The van der Waals surface area contributed by atoms with E-state index in [1.54, 1.807) is 16.8 Å². The van der Waals surface area contributed by atoms with E-state index in [0.717, 1.165) is 43.3 Å². The van der Waals surface area contributed by atoms with E-state index in [4.69, 9.17) is 0 Å². The lowest BCUT2D eigenvalue weighted by Gasteiger charge is -2.21. The number of nitrogens with one attached hydrogen (secondary N) is 1. The molecule has 1 heterocycles. The molecule has 0 aliphatic heterocycles. The maximum absolute atomic E-state index is 13.0. The van der Waals surface area contributed by atoms with Gasteiger partial charge in [-0.25, -0.2) is 9.07 Å². The van der Waals surface area contributed by atoms with Crippen LogP contribution in [0.2, 0.25) is 0 Å². The number of aromatic nitrogens is 2. The van der Waals surface area contributed by atoms with Crippen LogP contribution in [0.3, 0.4) is 0 Å². The predicted molar refractivity (Wildman–Crippen MR) is 116 cm³/mol. The minimum atomic E-state index is -0.242. The summed E-state index contributed by atoms with van der Waals surface area (Å²) in [6.45, 7) is 6.80. The molecule has 0 saturated carbocycles. The number of hydrogen-bond donors (Lipinski definition) is 1. The number of benzene rings is 1. The van der Waals surface area contributed by atoms with Gasteiger partial charge in [0.1, 0.15) is 5.82 Å². The fourth-order valence-electron chi connectivity index (χ4n) is 2.48. The second-order valence-corrected chi connectivity index (χ2v) is 5.99. The first-order valence-electron chi connectivity index (χ1n) is 8.94. The van der Waals surface area contributed by atoms with E-state index in [9.17, 15) is 4.39 Å². The zero-order valence-corrected chi connectivity index (χ0v) is 18.1. The molecule has 0 atom stereocenters. The standard InChI is InChI=1S/C19H28FN5.HI/c1-4-6-14-24(3)19(21-5-2)22-13-11-17-12-15-25(23-17)18-9-7-16(20)8-10-18;/h7-10,12,15H,4-6,11,13-14H2,1-3H3,(H,21,22);1H. The molecule has 0 amide bonds. The van der Waals surface area contributed by atoms with Crippen molar-refractivity contribution < 1.29 is 4.39 Å². The number of guanidine groups is 1. The summed E-state index contributed by atoms with van der Waals surface area (Å²) in [7, 11) is 2.07. The van der Waals surface area contributed by atoms with Crippen molar-refractivity contribution in [1.82, 2.24) is 20.0 Å². The number of rotatable bonds is 8. The van der Waals surface area contributed by atoms with Crippen LogP contribution in [0.25, 0.3) is 5.69 Å². The lowest BCUT2D eigenvalue weighted by atomic mass is 10.3. The van der Waals surface area contributed by atoms with Crippen LogP contribution in [0.1, 0.15) is 32.4 Å². The molecule has 1 aromatic heterocycles. The van der Waals surface area contributed by atoms with Crippen LogP contribution in [-0.4, -0.2) is 47.3 Å². The molecule has 26 heavy (non-hydrogen) atoms. The van der Waals surface area contributed by atoms with Crippen molar-refractivity contribution in [3.05, 3.63) is 48.0 Å². The van der Waals surface area contributed by atoms with Crippen LogP contribution in [0, 0.1) is 5.82 Å².